The smallest absolute Gasteiger partial charge is 0.255 e. The second-order valence-electron chi connectivity index (χ2n) is 4.08. The number of hydrogen-bond donors (Lipinski definition) is 2. The normalized spacial score (nSPS) is 10.3. The van der Waals surface area contributed by atoms with Crippen LogP contribution < -0.4 is 5.32 Å². The highest BCUT2D eigenvalue weighted by Crippen LogP contribution is 2.25. The fraction of sp³-hybridized carbons (Fsp3) is 0.0714. The summed E-state index contributed by atoms with van der Waals surface area (Å²) < 4.78 is 1.45. The lowest BCUT2D eigenvalue weighted by Gasteiger charge is -2.09. The van der Waals surface area contributed by atoms with Crippen molar-refractivity contribution in [2.45, 2.75) is 6.92 Å². The quantitative estimate of drug-likeness (QED) is 0.801. The molecule has 2 aromatic rings. The van der Waals surface area contributed by atoms with E-state index in [4.69, 9.17) is 0 Å². The number of anilines is 1. The zero-order chi connectivity index (χ0) is 14.0. The molecule has 0 saturated heterocycles. The average Bonchev–Trinajstić information content (AvgIpc) is 2.37. The van der Waals surface area contributed by atoms with Gasteiger partial charge in [-0.2, -0.15) is 0 Å². The van der Waals surface area contributed by atoms with Gasteiger partial charge < -0.3 is 10.4 Å². The molecule has 98 valence electrons. The van der Waals surface area contributed by atoms with Crippen molar-refractivity contribution in [3.8, 4) is 5.75 Å². The van der Waals surface area contributed by atoms with Gasteiger partial charge in [0.15, 0.2) is 0 Å². The molecule has 0 saturated carbocycles. The van der Waals surface area contributed by atoms with Gasteiger partial charge in [-0.3, -0.25) is 4.79 Å². The molecule has 0 heterocycles. The van der Waals surface area contributed by atoms with Gasteiger partial charge in [-0.25, -0.2) is 0 Å². The number of aryl methyl sites for hydroxylation is 1. The lowest BCUT2D eigenvalue weighted by atomic mass is 10.1. The number of phenols is 1. The molecule has 3 nitrogen and oxygen atoms in total. The lowest BCUT2D eigenvalue weighted by molar-refractivity contribution is 0.102. The summed E-state index contributed by atoms with van der Waals surface area (Å²) in [5.41, 5.74) is 2.11. The van der Waals surface area contributed by atoms with E-state index in [9.17, 15) is 9.90 Å². The van der Waals surface area contributed by atoms with Gasteiger partial charge in [0.2, 0.25) is 0 Å². The number of carbonyl (C=O) groups is 1. The topological polar surface area (TPSA) is 49.3 Å². The van der Waals surface area contributed by atoms with E-state index in [2.05, 4.69) is 37.2 Å². The maximum Gasteiger partial charge on any atom is 0.255 e. The largest absolute Gasteiger partial charge is 0.507 e. The molecule has 0 atom stereocenters. The van der Waals surface area contributed by atoms with Gasteiger partial charge >= 0.3 is 0 Å². The van der Waals surface area contributed by atoms with Crippen molar-refractivity contribution in [2.24, 2.45) is 0 Å². The molecule has 1 amide bonds. The first-order valence-corrected chi connectivity index (χ1v) is 7.12. The molecular weight excluding hydrogens is 374 g/mol. The van der Waals surface area contributed by atoms with Crippen LogP contribution in [-0.2, 0) is 0 Å². The number of hydrogen-bond acceptors (Lipinski definition) is 2. The lowest BCUT2D eigenvalue weighted by Crippen LogP contribution is -2.12. The standard InChI is InChI=1S/C14H11Br2NO2/c1-8-2-4-10(15)7-12(8)17-14(19)9-3-5-11(16)13(18)6-9/h2-7,18H,1H3,(H,17,19). The minimum atomic E-state index is -0.260. The van der Waals surface area contributed by atoms with E-state index in [-0.39, 0.29) is 11.7 Å². The SMILES string of the molecule is Cc1ccc(Br)cc1NC(=O)c1ccc(Br)c(O)c1. The summed E-state index contributed by atoms with van der Waals surface area (Å²) in [6, 6.07) is 10.4. The molecule has 0 radical (unpaired) electrons. The summed E-state index contributed by atoms with van der Waals surface area (Å²) >= 11 is 6.54. The fourth-order valence-electron chi connectivity index (χ4n) is 1.58. The van der Waals surface area contributed by atoms with E-state index in [1.165, 1.54) is 6.07 Å². The fourth-order valence-corrected chi connectivity index (χ4v) is 2.18. The van der Waals surface area contributed by atoms with Crippen LogP contribution in [0.25, 0.3) is 0 Å². The Kier molecular flexibility index (Phi) is 4.27. The Morgan fingerprint density at radius 2 is 1.89 bits per heavy atom. The Morgan fingerprint density at radius 3 is 2.58 bits per heavy atom. The number of nitrogens with one attached hydrogen (secondary N) is 1. The van der Waals surface area contributed by atoms with Crippen LogP contribution in [-0.4, -0.2) is 11.0 Å². The van der Waals surface area contributed by atoms with Crippen LogP contribution >= 0.6 is 31.9 Å². The molecular formula is C14H11Br2NO2. The van der Waals surface area contributed by atoms with E-state index in [1.54, 1.807) is 12.1 Å². The van der Waals surface area contributed by atoms with Gasteiger partial charge in [-0.05, 0) is 58.7 Å². The first kappa shape index (κ1) is 14.1. The predicted octanol–water partition coefficient (Wildman–Crippen LogP) is 4.48. The monoisotopic (exact) mass is 383 g/mol. The Bertz CT molecular complexity index is 641. The van der Waals surface area contributed by atoms with Crippen molar-refractivity contribution in [3.05, 3.63) is 56.5 Å². The van der Waals surface area contributed by atoms with Crippen molar-refractivity contribution in [1.82, 2.24) is 0 Å². The second kappa shape index (κ2) is 5.75. The Morgan fingerprint density at radius 1 is 1.16 bits per heavy atom. The average molecular weight is 385 g/mol. The van der Waals surface area contributed by atoms with Gasteiger partial charge in [0.05, 0.1) is 4.47 Å². The number of carbonyl (C=O) groups excluding carboxylic acids is 1. The Labute approximate surface area is 127 Å². The first-order chi connectivity index (χ1) is 8.97. The second-order valence-corrected chi connectivity index (χ2v) is 5.85. The van der Waals surface area contributed by atoms with E-state index in [1.807, 2.05) is 25.1 Å². The molecule has 2 rings (SSSR count). The summed E-state index contributed by atoms with van der Waals surface area (Å²) in [5.74, 6) is -0.220. The predicted molar refractivity (Wildman–Crippen MR) is 82.6 cm³/mol. The third-order valence-electron chi connectivity index (χ3n) is 2.66. The highest BCUT2D eigenvalue weighted by Gasteiger charge is 2.10. The molecule has 0 aliphatic rings. The molecule has 0 bridgehead atoms. The number of phenolic OH excluding ortho intramolecular Hbond substituents is 1. The summed E-state index contributed by atoms with van der Waals surface area (Å²) in [6.07, 6.45) is 0. The van der Waals surface area contributed by atoms with Crippen LogP contribution in [0.5, 0.6) is 5.75 Å². The molecule has 2 N–H and O–H groups in total. The van der Waals surface area contributed by atoms with Crippen molar-refractivity contribution in [2.75, 3.05) is 5.32 Å². The van der Waals surface area contributed by atoms with Crippen LogP contribution in [0, 0.1) is 6.92 Å². The molecule has 5 heteroatoms. The van der Waals surface area contributed by atoms with E-state index in [0.717, 1.165) is 15.7 Å². The van der Waals surface area contributed by atoms with Gasteiger partial charge in [-0.15, -0.1) is 0 Å². The zero-order valence-electron chi connectivity index (χ0n) is 10.1. The Balaban J connectivity index is 2.25. The van der Waals surface area contributed by atoms with E-state index >= 15 is 0 Å². The van der Waals surface area contributed by atoms with E-state index < -0.39 is 0 Å². The van der Waals surface area contributed by atoms with Crippen LogP contribution in [0.2, 0.25) is 0 Å². The molecule has 0 unspecified atom stereocenters. The van der Waals surface area contributed by atoms with Crippen molar-refractivity contribution < 1.29 is 9.90 Å². The third kappa shape index (κ3) is 3.36. The number of halogens is 2. The summed E-state index contributed by atoms with van der Waals surface area (Å²) in [5, 5.41) is 12.4. The van der Waals surface area contributed by atoms with Crippen LogP contribution in [0.1, 0.15) is 15.9 Å². The molecule has 0 aliphatic heterocycles. The molecule has 0 fully saturated rings. The maximum absolute atomic E-state index is 12.1. The molecule has 0 aromatic heterocycles. The molecule has 19 heavy (non-hydrogen) atoms. The van der Waals surface area contributed by atoms with Crippen molar-refractivity contribution in [1.29, 1.82) is 0 Å². The highest BCUT2D eigenvalue weighted by atomic mass is 79.9. The molecule has 2 aromatic carbocycles. The highest BCUT2D eigenvalue weighted by molar-refractivity contribution is 9.10. The van der Waals surface area contributed by atoms with Crippen molar-refractivity contribution >= 4 is 43.5 Å². The minimum absolute atomic E-state index is 0.0404. The van der Waals surface area contributed by atoms with Crippen LogP contribution in [0.15, 0.2) is 45.3 Å². The number of aromatic hydroxyl groups is 1. The number of benzene rings is 2. The number of rotatable bonds is 2. The summed E-state index contributed by atoms with van der Waals surface area (Å²) in [7, 11) is 0. The maximum atomic E-state index is 12.1. The summed E-state index contributed by atoms with van der Waals surface area (Å²) in [4.78, 5) is 12.1. The number of amides is 1. The van der Waals surface area contributed by atoms with Gasteiger partial charge in [0, 0.05) is 15.7 Å². The van der Waals surface area contributed by atoms with Gasteiger partial charge in [-0.1, -0.05) is 22.0 Å². The zero-order valence-corrected chi connectivity index (χ0v) is 13.2. The van der Waals surface area contributed by atoms with E-state index in [0.29, 0.717) is 10.0 Å². The van der Waals surface area contributed by atoms with Crippen molar-refractivity contribution in [3.63, 3.8) is 0 Å². The Hall–Kier alpha value is -1.33. The van der Waals surface area contributed by atoms with Gasteiger partial charge in [0.1, 0.15) is 5.75 Å². The van der Waals surface area contributed by atoms with Gasteiger partial charge in [0.25, 0.3) is 5.91 Å². The molecule has 0 spiro atoms. The third-order valence-corrected chi connectivity index (χ3v) is 3.82. The van der Waals surface area contributed by atoms with Crippen LogP contribution in [0.3, 0.4) is 0 Å². The van der Waals surface area contributed by atoms with Crippen LogP contribution in [0.4, 0.5) is 5.69 Å². The molecule has 0 aliphatic carbocycles. The minimum Gasteiger partial charge on any atom is -0.507 e. The summed E-state index contributed by atoms with van der Waals surface area (Å²) in [6.45, 7) is 1.92. The first-order valence-electron chi connectivity index (χ1n) is 5.53.